The molecule has 2 aromatic carbocycles. The molecule has 0 spiro atoms. The number of amides is 1. The van der Waals surface area contributed by atoms with E-state index in [0.29, 0.717) is 34.8 Å². The van der Waals surface area contributed by atoms with Crippen molar-refractivity contribution in [3.05, 3.63) is 92.4 Å². The first-order valence-corrected chi connectivity index (χ1v) is 9.82. The minimum Gasteiger partial charge on any atom is -0.497 e. The molecule has 0 bridgehead atoms. The van der Waals surface area contributed by atoms with Crippen LogP contribution in [0, 0.1) is 0 Å². The number of carbonyl (C=O) groups excluding carboxylic acids is 2. The van der Waals surface area contributed by atoms with E-state index in [0.717, 1.165) is 11.3 Å². The summed E-state index contributed by atoms with van der Waals surface area (Å²) < 4.78 is 5.17. The van der Waals surface area contributed by atoms with Gasteiger partial charge in [0.25, 0.3) is 11.5 Å². The maximum Gasteiger partial charge on any atom is 0.261 e. The number of hydrogen-bond acceptors (Lipinski definition) is 4. The Labute approximate surface area is 177 Å². The Morgan fingerprint density at radius 3 is 2.43 bits per heavy atom. The highest BCUT2D eigenvalue weighted by Crippen LogP contribution is 2.32. The fraction of sp³-hybridized carbons (Fsp3) is 0.174. The molecular weight excluding hydrogens is 404 g/mol. The topological polar surface area (TPSA) is 88.3 Å². The fourth-order valence-corrected chi connectivity index (χ4v) is 3.77. The highest BCUT2D eigenvalue weighted by atomic mass is 35.5. The zero-order valence-electron chi connectivity index (χ0n) is 16.2. The highest BCUT2D eigenvalue weighted by Gasteiger charge is 2.29. The minimum absolute atomic E-state index is 0.0414. The van der Waals surface area contributed by atoms with Gasteiger partial charge in [-0.15, -0.1) is 0 Å². The van der Waals surface area contributed by atoms with E-state index in [2.05, 4.69) is 10.3 Å². The van der Waals surface area contributed by atoms with E-state index in [1.807, 2.05) is 24.3 Å². The van der Waals surface area contributed by atoms with E-state index in [1.54, 1.807) is 31.4 Å². The lowest BCUT2D eigenvalue weighted by molar-refractivity contribution is 0.0963. The molecule has 1 amide bonds. The number of rotatable bonds is 4. The summed E-state index contributed by atoms with van der Waals surface area (Å²) in [4.78, 5) is 40.6. The van der Waals surface area contributed by atoms with Crippen LogP contribution in [0.25, 0.3) is 0 Å². The molecule has 0 aliphatic heterocycles. The average molecular weight is 423 g/mol. The van der Waals surface area contributed by atoms with Gasteiger partial charge < -0.3 is 15.0 Å². The Morgan fingerprint density at radius 1 is 1.07 bits per heavy atom. The summed E-state index contributed by atoms with van der Waals surface area (Å²) in [6.45, 7) is 0. The van der Waals surface area contributed by atoms with Crippen molar-refractivity contribution in [3.63, 3.8) is 0 Å². The van der Waals surface area contributed by atoms with Crippen LogP contribution in [0.2, 0.25) is 5.02 Å². The summed E-state index contributed by atoms with van der Waals surface area (Å²) in [5.74, 6) is 0.0200. The Kier molecular flexibility index (Phi) is 5.42. The average Bonchev–Trinajstić information content (AvgIpc) is 2.74. The van der Waals surface area contributed by atoms with Gasteiger partial charge in [0.2, 0.25) is 0 Å². The van der Waals surface area contributed by atoms with Gasteiger partial charge in [0.15, 0.2) is 5.78 Å². The molecular formula is C23H19ClN2O4. The van der Waals surface area contributed by atoms with E-state index >= 15 is 0 Å². The van der Waals surface area contributed by atoms with Gasteiger partial charge in [0.05, 0.1) is 7.11 Å². The normalized spacial score (nSPS) is 15.4. The zero-order chi connectivity index (χ0) is 21.3. The van der Waals surface area contributed by atoms with Crippen LogP contribution in [0.5, 0.6) is 5.75 Å². The van der Waals surface area contributed by atoms with Crippen LogP contribution in [0.4, 0.5) is 5.69 Å². The van der Waals surface area contributed by atoms with Crippen molar-refractivity contribution in [1.29, 1.82) is 0 Å². The number of ether oxygens (including phenoxy) is 1. The third kappa shape index (κ3) is 4.00. The number of halogens is 1. The van der Waals surface area contributed by atoms with Crippen LogP contribution < -0.4 is 15.6 Å². The second-order valence-corrected chi connectivity index (χ2v) is 7.60. The van der Waals surface area contributed by atoms with Crippen molar-refractivity contribution >= 4 is 29.0 Å². The van der Waals surface area contributed by atoms with Crippen LogP contribution in [0.1, 0.15) is 44.3 Å². The fourth-order valence-electron chi connectivity index (χ4n) is 3.64. The van der Waals surface area contributed by atoms with E-state index in [-0.39, 0.29) is 17.3 Å². The summed E-state index contributed by atoms with van der Waals surface area (Å²) in [6, 6.07) is 15.5. The first-order valence-electron chi connectivity index (χ1n) is 9.45. The second kappa shape index (κ2) is 8.16. The molecule has 2 N–H and O–H groups in total. The van der Waals surface area contributed by atoms with Gasteiger partial charge in [-0.25, -0.2) is 0 Å². The van der Waals surface area contributed by atoms with Gasteiger partial charge in [-0.1, -0.05) is 23.7 Å². The Hall–Kier alpha value is -3.38. The number of H-pyrrole nitrogens is 1. The van der Waals surface area contributed by atoms with Crippen molar-refractivity contribution in [2.24, 2.45) is 0 Å². The van der Waals surface area contributed by atoms with Crippen molar-refractivity contribution < 1.29 is 14.3 Å². The first kappa shape index (κ1) is 19.9. The molecule has 1 aliphatic rings. The molecule has 0 radical (unpaired) electrons. The minimum atomic E-state index is -0.577. The predicted octanol–water partition coefficient (Wildman–Crippen LogP) is 4.20. The number of methoxy groups -OCH3 is 1. The number of ketones is 1. The Bertz CT molecular complexity index is 1170. The van der Waals surface area contributed by atoms with Crippen molar-refractivity contribution in [2.45, 2.75) is 18.8 Å². The van der Waals surface area contributed by atoms with Gasteiger partial charge in [0.1, 0.15) is 11.3 Å². The molecule has 0 saturated carbocycles. The molecule has 4 rings (SSSR count). The number of Topliss-reactive ketones (excluding diaryl/α,β-unsaturated/α-hetero) is 1. The van der Waals surface area contributed by atoms with E-state index in [9.17, 15) is 14.4 Å². The van der Waals surface area contributed by atoms with Crippen LogP contribution in [0.3, 0.4) is 0 Å². The Morgan fingerprint density at radius 2 is 1.77 bits per heavy atom. The monoisotopic (exact) mass is 422 g/mol. The standard InChI is InChI=1S/C23H19ClN2O4/c1-30-17-8-2-13(3-9-17)14-10-20-18(21(27)11-14)12-19(23(29)26-20)22(28)25-16-6-4-15(24)5-7-16/h2-9,12,14H,10-11H2,1H3,(H,25,28)(H,26,29)/t14-/m0/s1. The lowest BCUT2D eigenvalue weighted by Crippen LogP contribution is -2.29. The smallest absolute Gasteiger partial charge is 0.261 e. The quantitative estimate of drug-likeness (QED) is 0.659. The van der Waals surface area contributed by atoms with Gasteiger partial charge in [-0.05, 0) is 60.4 Å². The maximum atomic E-state index is 12.8. The lowest BCUT2D eigenvalue weighted by atomic mass is 9.81. The van der Waals surface area contributed by atoms with Crippen LogP contribution >= 0.6 is 11.6 Å². The van der Waals surface area contributed by atoms with Gasteiger partial charge in [-0.2, -0.15) is 0 Å². The summed E-state index contributed by atoms with van der Waals surface area (Å²) >= 11 is 5.85. The van der Waals surface area contributed by atoms with Crippen LogP contribution in [-0.2, 0) is 6.42 Å². The molecule has 1 aliphatic carbocycles. The number of anilines is 1. The summed E-state index contributed by atoms with van der Waals surface area (Å²) in [6.07, 6.45) is 0.825. The van der Waals surface area contributed by atoms with Gasteiger partial charge >= 0.3 is 0 Å². The van der Waals surface area contributed by atoms with Crippen LogP contribution in [-0.4, -0.2) is 23.8 Å². The zero-order valence-corrected chi connectivity index (χ0v) is 17.0. The number of nitrogens with one attached hydrogen (secondary N) is 2. The number of fused-ring (bicyclic) bond motifs is 1. The second-order valence-electron chi connectivity index (χ2n) is 7.17. The van der Waals surface area contributed by atoms with Crippen molar-refractivity contribution in [1.82, 2.24) is 4.98 Å². The number of carbonyl (C=O) groups is 2. The Balaban J connectivity index is 1.59. The molecule has 6 nitrogen and oxygen atoms in total. The highest BCUT2D eigenvalue weighted by molar-refractivity contribution is 6.30. The lowest BCUT2D eigenvalue weighted by Gasteiger charge is -2.24. The van der Waals surface area contributed by atoms with Gasteiger partial charge in [0, 0.05) is 28.4 Å². The largest absolute Gasteiger partial charge is 0.497 e. The third-order valence-electron chi connectivity index (χ3n) is 5.24. The molecule has 0 fully saturated rings. The van der Waals surface area contributed by atoms with E-state index < -0.39 is 11.5 Å². The molecule has 30 heavy (non-hydrogen) atoms. The number of pyridine rings is 1. The molecule has 3 aromatic rings. The predicted molar refractivity (Wildman–Crippen MR) is 115 cm³/mol. The molecule has 1 atom stereocenters. The third-order valence-corrected chi connectivity index (χ3v) is 5.49. The molecule has 1 heterocycles. The number of hydrogen-bond donors (Lipinski definition) is 2. The molecule has 0 saturated heterocycles. The summed E-state index contributed by atoms with van der Waals surface area (Å²) in [5.41, 5.74) is 1.83. The number of aromatic nitrogens is 1. The van der Waals surface area contributed by atoms with Crippen molar-refractivity contribution in [2.75, 3.05) is 12.4 Å². The van der Waals surface area contributed by atoms with Crippen molar-refractivity contribution in [3.8, 4) is 5.75 Å². The van der Waals surface area contributed by atoms with E-state index in [1.165, 1.54) is 6.07 Å². The molecule has 1 aromatic heterocycles. The summed E-state index contributed by atoms with van der Waals surface area (Å²) in [7, 11) is 1.60. The number of aromatic amines is 1. The molecule has 152 valence electrons. The molecule has 7 heteroatoms. The van der Waals surface area contributed by atoms with E-state index in [4.69, 9.17) is 16.3 Å². The first-order chi connectivity index (χ1) is 14.4. The summed E-state index contributed by atoms with van der Waals surface area (Å²) in [5, 5.41) is 3.19. The van der Waals surface area contributed by atoms with Gasteiger partial charge in [-0.3, -0.25) is 14.4 Å². The molecule has 0 unspecified atom stereocenters. The van der Waals surface area contributed by atoms with Crippen LogP contribution in [0.15, 0.2) is 59.4 Å². The maximum absolute atomic E-state index is 12.8. The SMILES string of the molecule is COc1ccc([C@@H]2CC(=O)c3cc(C(=O)Nc4ccc(Cl)cc4)c(=O)[nH]c3C2)cc1. The number of benzene rings is 2.